The van der Waals surface area contributed by atoms with Gasteiger partial charge in [-0.25, -0.2) is 0 Å². The summed E-state index contributed by atoms with van der Waals surface area (Å²) in [5.74, 6) is 0. The predicted octanol–water partition coefficient (Wildman–Crippen LogP) is 3.46. The van der Waals surface area contributed by atoms with E-state index in [0.717, 1.165) is 6.16 Å². The van der Waals surface area contributed by atoms with E-state index in [9.17, 15) is 0 Å². The van der Waals surface area contributed by atoms with Gasteiger partial charge in [0.2, 0.25) is 0 Å². The second-order valence-corrected chi connectivity index (χ2v) is 5.55. The van der Waals surface area contributed by atoms with Crippen LogP contribution >= 0.6 is 8.38 Å². The number of hydrogen-bond donors (Lipinski definition) is 0. The van der Waals surface area contributed by atoms with Gasteiger partial charge in [0.05, 0.1) is 12.2 Å². The Bertz CT molecular complexity index is 141. The molecule has 0 unspecified atom stereocenters. The molecule has 13 heavy (non-hydrogen) atoms. The summed E-state index contributed by atoms with van der Waals surface area (Å²) in [7, 11) is -0.520. The molecule has 2 aliphatic rings. The highest BCUT2D eigenvalue weighted by Crippen LogP contribution is 2.49. The van der Waals surface area contributed by atoms with Crippen LogP contribution in [0.25, 0.3) is 0 Å². The molecule has 0 atom stereocenters. The van der Waals surface area contributed by atoms with Crippen LogP contribution in [-0.4, -0.2) is 18.4 Å². The van der Waals surface area contributed by atoms with E-state index in [4.69, 9.17) is 9.05 Å². The van der Waals surface area contributed by atoms with Crippen molar-refractivity contribution in [2.45, 2.75) is 57.7 Å². The summed E-state index contributed by atoms with van der Waals surface area (Å²) < 4.78 is 11.7. The van der Waals surface area contributed by atoms with Crippen molar-refractivity contribution in [2.75, 3.05) is 6.16 Å². The highest BCUT2D eigenvalue weighted by atomic mass is 31.2. The Morgan fingerprint density at radius 3 is 2.00 bits per heavy atom. The summed E-state index contributed by atoms with van der Waals surface area (Å²) in [4.78, 5) is 0. The van der Waals surface area contributed by atoms with Gasteiger partial charge in [-0.15, -0.1) is 0 Å². The average molecular weight is 202 g/mol. The van der Waals surface area contributed by atoms with Crippen LogP contribution in [0.4, 0.5) is 0 Å². The molecule has 0 aromatic heterocycles. The van der Waals surface area contributed by atoms with Crippen LogP contribution in [0, 0.1) is 0 Å². The van der Waals surface area contributed by atoms with Gasteiger partial charge in [-0.05, 0) is 32.1 Å². The molecule has 2 rings (SSSR count). The third-order valence-corrected chi connectivity index (χ3v) is 4.02. The lowest BCUT2D eigenvalue weighted by Crippen LogP contribution is -1.98. The second-order valence-electron chi connectivity index (χ2n) is 4.02. The zero-order chi connectivity index (χ0) is 9.10. The molecule has 0 N–H and O–H groups in total. The molecule has 2 aliphatic carbocycles. The first kappa shape index (κ1) is 9.89. The predicted molar refractivity (Wildman–Crippen MR) is 54.9 cm³/mol. The summed E-state index contributed by atoms with van der Waals surface area (Å²) >= 11 is 0. The molecule has 0 bridgehead atoms. The highest BCUT2D eigenvalue weighted by Gasteiger charge is 2.31. The molecular weight excluding hydrogens is 183 g/mol. The van der Waals surface area contributed by atoms with Crippen molar-refractivity contribution in [3.63, 3.8) is 0 Å². The van der Waals surface area contributed by atoms with Crippen LogP contribution in [0.3, 0.4) is 0 Å². The highest BCUT2D eigenvalue weighted by molar-refractivity contribution is 7.47. The molecule has 2 saturated carbocycles. The zero-order valence-corrected chi connectivity index (χ0v) is 9.26. The van der Waals surface area contributed by atoms with E-state index < -0.39 is 8.38 Å². The molecule has 2 nitrogen and oxygen atoms in total. The van der Waals surface area contributed by atoms with Gasteiger partial charge in [0, 0.05) is 6.16 Å². The molecule has 2 fully saturated rings. The van der Waals surface area contributed by atoms with Crippen LogP contribution < -0.4 is 0 Å². The van der Waals surface area contributed by atoms with E-state index in [1.807, 2.05) is 0 Å². The van der Waals surface area contributed by atoms with Gasteiger partial charge in [-0.1, -0.05) is 13.3 Å². The molecule has 0 heterocycles. The van der Waals surface area contributed by atoms with Gasteiger partial charge >= 0.3 is 0 Å². The van der Waals surface area contributed by atoms with Gasteiger partial charge in [0.15, 0.2) is 8.38 Å². The van der Waals surface area contributed by atoms with E-state index >= 15 is 0 Å². The van der Waals surface area contributed by atoms with Crippen molar-refractivity contribution in [1.82, 2.24) is 0 Å². The van der Waals surface area contributed by atoms with Crippen LogP contribution in [0.15, 0.2) is 0 Å². The van der Waals surface area contributed by atoms with Gasteiger partial charge < -0.3 is 9.05 Å². The largest absolute Gasteiger partial charge is 0.331 e. The Morgan fingerprint density at radius 2 is 1.62 bits per heavy atom. The Hall–Kier alpha value is 0.350. The van der Waals surface area contributed by atoms with Crippen LogP contribution in [0.2, 0.25) is 0 Å². The Balaban J connectivity index is 1.64. The van der Waals surface area contributed by atoms with Gasteiger partial charge in [0.25, 0.3) is 0 Å². The maximum atomic E-state index is 5.86. The third kappa shape index (κ3) is 3.93. The first-order valence-corrected chi connectivity index (χ1v) is 6.86. The summed E-state index contributed by atoms with van der Waals surface area (Å²) in [6, 6.07) is 0. The number of rotatable bonds is 7. The van der Waals surface area contributed by atoms with Crippen molar-refractivity contribution < 1.29 is 9.05 Å². The monoisotopic (exact) mass is 202 g/mol. The first-order chi connectivity index (χ1) is 6.38. The standard InChI is InChI=1S/C10H19O2P/c1-2-3-8-13(11-9-4-5-9)12-10-6-7-10/h9-10H,2-8H2,1H3. The third-order valence-electron chi connectivity index (χ3n) is 2.28. The summed E-state index contributed by atoms with van der Waals surface area (Å²) in [5, 5.41) is 0. The van der Waals surface area contributed by atoms with Crippen molar-refractivity contribution in [3.8, 4) is 0 Å². The van der Waals surface area contributed by atoms with E-state index in [-0.39, 0.29) is 0 Å². The smallest absolute Gasteiger partial charge is 0.171 e. The minimum Gasteiger partial charge on any atom is -0.331 e. The molecule has 0 aromatic rings. The van der Waals surface area contributed by atoms with Crippen LogP contribution in [0.1, 0.15) is 45.4 Å². The topological polar surface area (TPSA) is 18.5 Å². The lowest BCUT2D eigenvalue weighted by molar-refractivity contribution is 0.233. The molecule has 0 spiro atoms. The van der Waals surface area contributed by atoms with Crippen molar-refractivity contribution >= 4 is 8.38 Å². The Morgan fingerprint density at radius 1 is 1.08 bits per heavy atom. The maximum Gasteiger partial charge on any atom is 0.171 e. The molecule has 0 aromatic carbocycles. The fourth-order valence-corrected chi connectivity index (χ4v) is 3.02. The number of unbranched alkanes of at least 4 members (excludes halogenated alkanes) is 1. The summed E-state index contributed by atoms with van der Waals surface area (Å²) in [5.41, 5.74) is 0. The fraction of sp³-hybridized carbons (Fsp3) is 1.00. The quantitative estimate of drug-likeness (QED) is 0.588. The Kier molecular flexibility index (Phi) is 3.59. The molecule has 0 aliphatic heterocycles. The first-order valence-electron chi connectivity index (χ1n) is 5.49. The SMILES string of the molecule is CCCCP(OC1CC1)OC1CC1. The van der Waals surface area contributed by atoms with Crippen LogP contribution in [0.5, 0.6) is 0 Å². The lowest BCUT2D eigenvalue weighted by atomic mass is 10.4. The normalized spacial score (nSPS) is 22.6. The molecule has 0 amide bonds. The molecular formula is C10H19O2P. The molecule has 0 radical (unpaired) electrons. The van der Waals surface area contributed by atoms with Crippen molar-refractivity contribution in [1.29, 1.82) is 0 Å². The van der Waals surface area contributed by atoms with E-state index in [0.29, 0.717) is 12.2 Å². The fourth-order valence-electron chi connectivity index (χ4n) is 1.10. The second kappa shape index (κ2) is 4.72. The molecule has 0 saturated heterocycles. The van der Waals surface area contributed by atoms with Gasteiger partial charge in [0.1, 0.15) is 0 Å². The van der Waals surface area contributed by atoms with Gasteiger partial charge in [-0.3, -0.25) is 0 Å². The van der Waals surface area contributed by atoms with Crippen molar-refractivity contribution in [2.24, 2.45) is 0 Å². The number of hydrogen-bond acceptors (Lipinski definition) is 2. The Labute approximate surface area is 81.9 Å². The zero-order valence-electron chi connectivity index (χ0n) is 8.37. The molecule has 76 valence electrons. The lowest BCUT2D eigenvalue weighted by Gasteiger charge is -2.16. The van der Waals surface area contributed by atoms with Crippen molar-refractivity contribution in [3.05, 3.63) is 0 Å². The van der Waals surface area contributed by atoms with E-state index in [2.05, 4.69) is 6.92 Å². The van der Waals surface area contributed by atoms with E-state index in [1.165, 1.54) is 38.5 Å². The minimum absolute atomic E-state index is 0.520. The maximum absolute atomic E-state index is 5.86. The minimum atomic E-state index is -0.520. The summed E-state index contributed by atoms with van der Waals surface area (Å²) in [6.45, 7) is 2.22. The summed E-state index contributed by atoms with van der Waals surface area (Å²) in [6.07, 6.45) is 9.82. The average Bonchev–Trinajstić information content (AvgIpc) is 2.94. The van der Waals surface area contributed by atoms with Gasteiger partial charge in [-0.2, -0.15) is 0 Å². The molecule has 3 heteroatoms. The van der Waals surface area contributed by atoms with E-state index in [1.54, 1.807) is 0 Å². The van der Waals surface area contributed by atoms with Crippen LogP contribution in [-0.2, 0) is 9.05 Å².